The molecule has 0 spiro atoms. The zero-order chi connectivity index (χ0) is 12.3. The fourth-order valence-electron chi connectivity index (χ4n) is 1.68. The van der Waals surface area contributed by atoms with Gasteiger partial charge in [-0.05, 0) is 39.9 Å². The lowest BCUT2D eigenvalue weighted by atomic mass is 10.4. The Hall–Kier alpha value is -1.36. The smallest absolute Gasteiger partial charge is 0.268 e. The van der Waals surface area contributed by atoms with Crippen molar-refractivity contribution in [1.82, 2.24) is 14.7 Å². The van der Waals surface area contributed by atoms with E-state index in [4.69, 9.17) is 0 Å². The Morgan fingerprint density at radius 3 is 2.88 bits per heavy atom. The summed E-state index contributed by atoms with van der Waals surface area (Å²) < 4.78 is 1.53. The Labute approximate surface area is 101 Å². The number of hydrogen-bond acceptors (Lipinski definition) is 4. The van der Waals surface area contributed by atoms with Gasteiger partial charge in [0.15, 0.2) is 0 Å². The second-order valence-corrected chi connectivity index (χ2v) is 4.88. The van der Waals surface area contributed by atoms with Gasteiger partial charge in [0, 0.05) is 18.7 Å². The third-order valence-corrected chi connectivity index (χ3v) is 2.79. The summed E-state index contributed by atoms with van der Waals surface area (Å²) in [4.78, 5) is 13.9. The number of nitrogens with zero attached hydrogens (tertiary/aromatic N) is 3. The molecular weight excluding hydrogens is 216 g/mol. The third kappa shape index (κ3) is 3.85. The van der Waals surface area contributed by atoms with Crippen LogP contribution in [0.1, 0.15) is 19.3 Å². The highest BCUT2D eigenvalue weighted by Crippen LogP contribution is 2.23. The standard InChI is InChI=1S/C12H20N4O/c1-15(2)6-3-7-16-12(17)8-11(9-13-16)14-10-4-5-10/h8-10,14H,3-7H2,1-2H3. The largest absolute Gasteiger partial charge is 0.381 e. The first-order chi connectivity index (χ1) is 8.15. The van der Waals surface area contributed by atoms with Crippen LogP contribution in [0.4, 0.5) is 5.69 Å². The fraction of sp³-hybridized carbons (Fsp3) is 0.667. The maximum Gasteiger partial charge on any atom is 0.268 e. The second kappa shape index (κ2) is 5.31. The van der Waals surface area contributed by atoms with Crippen molar-refractivity contribution < 1.29 is 0 Å². The molecule has 1 saturated carbocycles. The molecule has 0 aromatic carbocycles. The van der Waals surface area contributed by atoms with E-state index in [9.17, 15) is 4.79 Å². The van der Waals surface area contributed by atoms with E-state index < -0.39 is 0 Å². The zero-order valence-corrected chi connectivity index (χ0v) is 10.5. The topological polar surface area (TPSA) is 50.2 Å². The molecule has 0 aliphatic heterocycles. The van der Waals surface area contributed by atoms with Gasteiger partial charge in [0.25, 0.3) is 5.56 Å². The van der Waals surface area contributed by atoms with Crippen LogP contribution in [0.25, 0.3) is 0 Å². The van der Waals surface area contributed by atoms with Crippen molar-refractivity contribution in [2.75, 3.05) is 26.0 Å². The van der Waals surface area contributed by atoms with Crippen molar-refractivity contribution in [3.8, 4) is 0 Å². The molecule has 94 valence electrons. The first kappa shape index (κ1) is 12.1. The number of rotatable bonds is 6. The Morgan fingerprint density at radius 2 is 2.29 bits per heavy atom. The van der Waals surface area contributed by atoms with Gasteiger partial charge in [0.05, 0.1) is 11.9 Å². The predicted molar refractivity (Wildman–Crippen MR) is 68.3 cm³/mol. The monoisotopic (exact) mass is 236 g/mol. The van der Waals surface area contributed by atoms with Crippen molar-refractivity contribution in [3.63, 3.8) is 0 Å². The summed E-state index contributed by atoms with van der Waals surface area (Å²) in [5.41, 5.74) is 0.829. The molecule has 5 nitrogen and oxygen atoms in total. The van der Waals surface area contributed by atoms with Gasteiger partial charge < -0.3 is 10.2 Å². The second-order valence-electron chi connectivity index (χ2n) is 4.88. The highest BCUT2D eigenvalue weighted by molar-refractivity contribution is 5.41. The van der Waals surface area contributed by atoms with E-state index >= 15 is 0 Å². The van der Waals surface area contributed by atoms with Crippen molar-refractivity contribution in [2.24, 2.45) is 0 Å². The van der Waals surface area contributed by atoms with Crippen LogP contribution in [-0.4, -0.2) is 41.4 Å². The van der Waals surface area contributed by atoms with Crippen molar-refractivity contribution in [2.45, 2.75) is 31.8 Å². The summed E-state index contributed by atoms with van der Waals surface area (Å²) in [6, 6.07) is 2.20. The quantitative estimate of drug-likeness (QED) is 0.792. The van der Waals surface area contributed by atoms with Crippen molar-refractivity contribution >= 4 is 5.69 Å². The first-order valence-corrected chi connectivity index (χ1v) is 6.13. The zero-order valence-electron chi connectivity index (χ0n) is 10.5. The van der Waals surface area contributed by atoms with Crippen LogP contribution in [-0.2, 0) is 6.54 Å². The van der Waals surface area contributed by atoms with Gasteiger partial charge >= 0.3 is 0 Å². The number of anilines is 1. The number of aryl methyl sites for hydroxylation is 1. The van der Waals surface area contributed by atoms with Crippen LogP contribution in [0.5, 0.6) is 0 Å². The Balaban J connectivity index is 1.91. The van der Waals surface area contributed by atoms with Gasteiger partial charge in [-0.3, -0.25) is 4.79 Å². The normalized spacial score (nSPS) is 15.2. The summed E-state index contributed by atoms with van der Waals surface area (Å²) in [5.74, 6) is 0. The molecule has 0 radical (unpaired) electrons. The summed E-state index contributed by atoms with van der Waals surface area (Å²) in [6.07, 6.45) is 5.09. The molecule has 0 atom stereocenters. The lowest BCUT2D eigenvalue weighted by Crippen LogP contribution is -2.25. The van der Waals surface area contributed by atoms with Crippen LogP contribution in [0.15, 0.2) is 17.1 Å². The van der Waals surface area contributed by atoms with Crippen molar-refractivity contribution in [1.29, 1.82) is 0 Å². The molecule has 1 N–H and O–H groups in total. The highest BCUT2D eigenvalue weighted by Gasteiger charge is 2.20. The predicted octanol–water partition coefficient (Wildman–Crippen LogP) is 0.769. The minimum atomic E-state index is -0.0191. The van der Waals surface area contributed by atoms with Crippen molar-refractivity contribution in [3.05, 3.63) is 22.6 Å². The van der Waals surface area contributed by atoms with E-state index in [-0.39, 0.29) is 5.56 Å². The van der Waals surface area contributed by atoms with Gasteiger partial charge in [0.1, 0.15) is 0 Å². The van der Waals surface area contributed by atoms with Crippen LogP contribution < -0.4 is 10.9 Å². The van der Waals surface area contributed by atoms with Crippen LogP contribution in [0, 0.1) is 0 Å². The van der Waals surface area contributed by atoms with E-state index in [1.807, 2.05) is 14.1 Å². The Bertz CT molecular complexity index is 423. The highest BCUT2D eigenvalue weighted by atomic mass is 16.1. The first-order valence-electron chi connectivity index (χ1n) is 6.13. The van der Waals surface area contributed by atoms with Crippen LogP contribution in [0.3, 0.4) is 0 Å². The summed E-state index contributed by atoms with van der Waals surface area (Å²) in [5, 5.41) is 7.45. The SMILES string of the molecule is CN(C)CCCn1ncc(NC2CC2)cc1=O. The average Bonchev–Trinajstić information content (AvgIpc) is 3.05. The maximum absolute atomic E-state index is 11.8. The van der Waals surface area contributed by atoms with E-state index in [0.29, 0.717) is 12.6 Å². The molecule has 2 rings (SSSR count). The molecule has 17 heavy (non-hydrogen) atoms. The third-order valence-electron chi connectivity index (χ3n) is 2.79. The summed E-state index contributed by atoms with van der Waals surface area (Å²) >= 11 is 0. The van der Waals surface area contributed by atoms with E-state index in [1.165, 1.54) is 17.5 Å². The number of nitrogens with one attached hydrogen (secondary N) is 1. The molecule has 0 amide bonds. The minimum Gasteiger partial charge on any atom is -0.381 e. The van der Waals surface area contributed by atoms with Gasteiger partial charge in [-0.1, -0.05) is 0 Å². The number of aromatic nitrogens is 2. The van der Waals surface area contributed by atoms with E-state index in [2.05, 4.69) is 15.3 Å². The Morgan fingerprint density at radius 1 is 1.53 bits per heavy atom. The lowest BCUT2D eigenvalue weighted by molar-refractivity contribution is 0.377. The Kier molecular flexibility index (Phi) is 3.78. The van der Waals surface area contributed by atoms with E-state index in [1.54, 1.807) is 12.3 Å². The summed E-state index contributed by atoms with van der Waals surface area (Å²) in [7, 11) is 4.05. The molecular formula is C12H20N4O. The molecule has 0 saturated heterocycles. The molecule has 5 heteroatoms. The van der Waals surface area contributed by atoms with Crippen LogP contribution >= 0.6 is 0 Å². The van der Waals surface area contributed by atoms with Gasteiger partial charge in [-0.2, -0.15) is 5.10 Å². The van der Waals surface area contributed by atoms with Gasteiger partial charge in [-0.15, -0.1) is 0 Å². The average molecular weight is 236 g/mol. The lowest BCUT2D eigenvalue weighted by Gasteiger charge is -2.10. The maximum atomic E-state index is 11.8. The molecule has 0 bridgehead atoms. The minimum absolute atomic E-state index is 0.0191. The van der Waals surface area contributed by atoms with Crippen LogP contribution in [0.2, 0.25) is 0 Å². The number of hydrogen-bond donors (Lipinski definition) is 1. The molecule has 1 heterocycles. The molecule has 1 fully saturated rings. The molecule has 0 unspecified atom stereocenters. The molecule has 1 aromatic heterocycles. The van der Waals surface area contributed by atoms with Gasteiger partial charge in [0.2, 0.25) is 0 Å². The molecule has 1 aliphatic carbocycles. The molecule has 1 aliphatic rings. The molecule has 1 aromatic rings. The van der Waals surface area contributed by atoms with Gasteiger partial charge in [-0.25, -0.2) is 4.68 Å². The van der Waals surface area contributed by atoms with E-state index in [0.717, 1.165) is 18.7 Å². The fourth-order valence-corrected chi connectivity index (χ4v) is 1.68. The summed E-state index contributed by atoms with van der Waals surface area (Å²) in [6.45, 7) is 1.65.